The summed E-state index contributed by atoms with van der Waals surface area (Å²) in [5, 5.41) is 2.75. The van der Waals surface area contributed by atoms with E-state index in [4.69, 9.17) is 14.2 Å². The Labute approximate surface area is 149 Å². The van der Waals surface area contributed by atoms with Gasteiger partial charge >= 0.3 is 5.97 Å². The number of amides is 1. The Morgan fingerprint density at radius 1 is 1.15 bits per heavy atom. The largest absolute Gasteiger partial charge is 0.455 e. The lowest BCUT2D eigenvalue weighted by Gasteiger charge is -2.15. The van der Waals surface area contributed by atoms with Gasteiger partial charge in [0.05, 0.1) is 12.5 Å². The Kier molecular flexibility index (Phi) is 5.36. The Balaban J connectivity index is 1.46. The molecule has 1 amide bonds. The number of nitrogens with one attached hydrogen (secondary N) is 1. The summed E-state index contributed by atoms with van der Waals surface area (Å²) in [5.74, 6) is -0.0413. The maximum atomic E-state index is 12.8. The van der Waals surface area contributed by atoms with Gasteiger partial charge in [0.2, 0.25) is 6.79 Å². The highest BCUT2D eigenvalue weighted by Crippen LogP contribution is 2.34. The quantitative estimate of drug-likeness (QED) is 0.803. The van der Waals surface area contributed by atoms with Crippen LogP contribution < -0.4 is 14.8 Å². The van der Waals surface area contributed by atoms with Gasteiger partial charge < -0.3 is 19.5 Å². The normalized spacial score (nSPS) is 13.2. The summed E-state index contributed by atoms with van der Waals surface area (Å²) in [6, 6.07) is 10.7. The van der Waals surface area contributed by atoms with Crippen LogP contribution in [0.3, 0.4) is 0 Å². The van der Waals surface area contributed by atoms with Crippen molar-refractivity contribution in [2.75, 3.05) is 13.4 Å². The lowest BCUT2D eigenvalue weighted by Crippen LogP contribution is -2.31. The van der Waals surface area contributed by atoms with Crippen molar-refractivity contribution in [1.29, 1.82) is 0 Å². The summed E-state index contributed by atoms with van der Waals surface area (Å²) in [6.07, 6.45) is -0.0225. The molecule has 0 aromatic heterocycles. The summed E-state index contributed by atoms with van der Waals surface area (Å²) >= 11 is 0. The molecule has 0 bridgehead atoms. The first-order valence-electron chi connectivity index (χ1n) is 8.10. The molecule has 0 saturated carbocycles. The highest BCUT2D eigenvalue weighted by atomic mass is 19.1. The average molecular weight is 359 g/mol. The average Bonchev–Trinajstić information content (AvgIpc) is 3.09. The second-order valence-electron chi connectivity index (χ2n) is 5.87. The van der Waals surface area contributed by atoms with Crippen LogP contribution in [0.25, 0.3) is 0 Å². The molecule has 2 aromatic carbocycles. The molecule has 1 aliphatic heterocycles. The molecule has 1 atom stereocenters. The van der Waals surface area contributed by atoms with E-state index in [1.807, 2.05) is 13.0 Å². The summed E-state index contributed by atoms with van der Waals surface area (Å²) < 4.78 is 28.3. The molecule has 26 heavy (non-hydrogen) atoms. The molecule has 6 nitrogen and oxygen atoms in total. The lowest BCUT2D eigenvalue weighted by atomic mass is 10.1. The number of ether oxygens (including phenoxy) is 3. The monoisotopic (exact) mass is 359 g/mol. The molecule has 7 heteroatoms. The molecule has 0 fully saturated rings. The Hall–Kier alpha value is -3.09. The maximum Gasteiger partial charge on any atom is 0.310 e. The van der Waals surface area contributed by atoms with Crippen molar-refractivity contribution in [1.82, 2.24) is 5.32 Å². The number of benzene rings is 2. The Morgan fingerprint density at radius 2 is 1.88 bits per heavy atom. The maximum absolute atomic E-state index is 12.8. The molecule has 2 aromatic rings. The number of halogens is 1. The van der Waals surface area contributed by atoms with Crippen LogP contribution in [-0.4, -0.2) is 25.3 Å². The number of esters is 1. The van der Waals surface area contributed by atoms with Crippen molar-refractivity contribution in [2.24, 2.45) is 0 Å². The predicted molar refractivity (Wildman–Crippen MR) is 90.2 cm³/mol. The van der Waals surface area contributed by atoms with Crippen molar-refractivity contribution >= 4 is 11.9 Å². The van der Waals surface area contributed by atoms with Crippen molar-refractivity contribution in [3.05, 3.63) is 59.4 Å². The van der Waals surface area contributed by atoms with Gasteiger partial charge in [-0.15, -0.1) is 0 Å². The number of hydrogen-bond acceptors (Lipinski definition) is 5. The number of fused-ring (bicyclic) bond motifs is 1. The van der Waals surface area contributed by atoms with Crippen molar-refractivity contribution in [3.63, 3.8) is 0 Å². The zero-order valence-corrected chi connectivity index (χ0v) is 14.2. The standard InChI is InChI=1S/C19H18FNO5/c1-12(14-4-7-16-17(9-14)26-11-25-16)21-18(22)10-24-19(23)8-13-2-5-15(20)6-3-13/h2-7,9,12H,8,10-11H2,1H3,(H,21,22)/t12-/m0/s1. The third kappa shape index (κ3) is 4.50. The van der Waals surface area contributed by atoms with Crippen molar-refractivity contribution in [3.8, 4) is 11.5 Å². The first-order valence-corrected chi connectivity index (χ1v) is 8.10. The van der Waals surface area contributed by atoms with E-state index >= 15 is 0 Å². The summed E-state index contributed by atoms with van der Waals surface area (Å²) in [4.78, 5) is 23.7. The SMILES string of the molecule is C[C@H](NC(=O)COC(=O)Cc1ccc(F)cc1)c1ccc2c(c1)OCO2. The zero-order chi connectivity index (χ0) is 18.5. The second-order valence-corrected chi connectivity index (χ2v) is 5.87. The van der Waals surface area contributed by atoms with Gasteiger partial charge in [-0.3, -0.25) is 9.59 Å². The highest BCUT2D eigenvalue weighted by Gasteiger charge is 2.17. The molecule has 0 radical (unpaired) electrons. The van der Waals surface area contributed by atoms with Crippen LogP contribution in [0, 0.1) is 5.82 Å². The summed E-state index contributed by atoms with van der Waals surface area (Å²) in [6.45, 7) is 1.62. The van der Waals surface area contributed by atoms with Crippen LogP contribution in [-0.2, 0) is 20.7 Å². The van der Waals surface area contributed by atoms with E-state index in [0.717, 1.165) is 5.56 Å². The predicted octanol–water partition coefficient (Wildman–Crippen LogP) is 2.52. The van der Waals surface area contributed by atoms with Gasteiger partial charge in [-0.25, -0.2) is 4.39 Å². The second kappa shape index (κ2) is 7.86. The van der Waals surface area contributed by atoms with Gasteiger partial charge in [0, 0.05) is 0 Å². The van der Waals surface area contributed by atoms with Crippen LogP contribution in [0.2, 0.25) is 0 Å². The Bertz CT molecular complexity index is 806. The van der Waals surface area contributed by atoms with Gasteiger partial charge in [0.1, 0.15) is 5.82 Å². The highest BCUT2D eigenvalue weighted by molar-refractivity contribution is 5.81. The number of hydrogen-bond donors (Lipinski definition) is 1. The molecule has 0 unspecified atom stereocenters. The smallest absolute Gasteiger partial charge is 0.310 e. The first-order chi connectivity index (χ1) is 12.5. The van der Waals surface area contributed by atoms with E-state index in [2.05, 4.69) is 5.32 Å². The number of carbonyl (C=O) groups excluding carboxylic acids is 2. The Morgan fingerprint density at radius 3 is 2.65 bits per heavy atom. The van der Waals surface area contributed by atoms with E-state index in [1.54, 1.807) is 12.1 Å². The molecule has 1 aliphatic rings. The molecule has 136 valence electrons. The third-order valence-electron chi connectivity index (χ3n) is 3.90. The molecule has 0 spiro atoms. The molecular weight excluding hydrogens is 341 g/mol. The van der Waals surface area contributed by atoms with Crippen LogP contribution >= 0.6 is 0 Å². The molecule has 3 rings (SSSR count). The van der Waals surface area contributed by atoms with Crippen molar-refractivity contribution in [2.45, 2.75) is 19.4 Å². The van der Waals surface area contributed by atoms with Crippen LogP contribution in [0.5, 0.6) is 11.5 Å². The fourth-order valence-electron chi connectivity index (χ4n) is 2.51. The summed E-state index contributed by atoms with van der Waals surface area (Å²) in [7, 11) is 0. The zero-order valence-electron chi connectivity index (χ0n) is 14.2. The van der Waals surface area contributed by atoms with Crippen molar-refractivity contribution < 1.29 is 28.2 Å². The van der Waals surface area contributed by atoms with E-state index in [1.165, 1.54) is 24.3 Å². The van der Waals surface area contributed by atoms with E-state index in [0.29, 0.717) is 17.1 Å². The molecule has 0 saturated heterocycles. The van der Waals surface area contributed by atoms with Gasteiger partial charge in [-0.1, -0.05) is 18.2 Å². The van der Waals surface area contributed by atoms with Crippen LogP contribution in [0.4, 0.5) is 4.39 Å². The minimum Gasteiger partial charge on any atom is -0.455 e. The minimum atomic E-state index is -0.553. The van der Waals surface area contributed by atoms with Gasteiger partial charge in [-0.2, -0.15) is 0 Å². The third-order valence-corrected chi connectivity index (χ3v) is 3.90. The molecule has 0 aliphatic carbocycles. The lowest BCUT2D eigenvalue weighted by molar-refractivity contribution is -0.148. The van der Waals surface area contributed by atoms with Crippen LogP contribution in [0.15, 0.2) is 42.5 Å². The molecule has 1 heterocycles. The van der Waals surface area contributed by atoms with Gasteiger partial charge in [0.25, 0.3) is 5.91 Å². The van der Waals surface area contributed by atoms with Gasteiger partial charge in [-0.05, 0) is 42.3 Å². The summed E-state index contributed by atoms with van der Waals surface area (Å²) in [5.41, 5.74) is 1.46. The first kappa shape index (κ1) is 17.7. The van der Waals surface area contributed by atoms with Gasteiger partial charge in [0.15, 0.2) is 18.1 Å². The molecular formula is C19H18FNO5. The number of carbonyl (C=O) groups is 2. The fraction of sp³-hybridized carbons (Fsp3) is 0.263. The molecule has 1 N–H and O–H groups in total. The van der Waals surface area contributed by atoms with Crippen LogP contribution in [0.1, 0.15) is 24.1 Å². The topological polar surface area (TPSA) is 73.9 Å². The van der Waals surface area contributed by atoms with E-state index in [9.17, 15) is 14.0 Å². The fourth-order valence-corrected chi connectivity index (χ4v) is 2.51. The minimum absolute atomic E-state index is 0.0225. The van der Waals surface area contributed by atoms with E-state index < -0.39 is 11.9 Å². The number of rotatable bonds is 6. The van der Waals surface area contributed by atoms with E-state index in [-0.39, 0.29) is 31.7 Å².